The Labute approximate surface area is 173 Å². The molecule has 2 heterocycles. The van der Waals surface area contributed by atoms with E-state index in [4.69, 9.17) is 11.6 Å². The van der Waals surface area contributed by atoms with E-state index in [1.54, 1.807) is 17.2 Å². The average molecular weight is 417 g/mol. The first-order valence-corrected chi connectivity index (χ1v) is 10.4. The molecule has 0 radical (unpaired) electrons. The van der Waals surface area contributed by atoms with Crippen molar-refractivity contribution in [1.29, 1.82) is 0 Å². The summed E-state index contributed by atoms with van der Waals surface area (Å²) in [5, 5.41) is 13.3. The maximum atomic E-state index is 13.9. The summed E-state index contributed by atoms with van der Waals surface area (Å²) in [5.74, 6) is 0.249. The minimum Gasteiger partial charge on any atom is -0.393 e. The predicted molar refractivity (Wildman–Crippen MR) is 107 cm³/mol. The van der Waals surface area contributed by atoms with Crippen LogP contribution in [0.2, 0.25) is 5.28 Å². The molecular formula is C21H22ClFN4O2. The highest BCUT2D eigenvalue weighted by Crippen LogP contribution is 2.57. The largest absolute Gasteiger partial charge is 0.393 e. The van der Waals surface area contributed by atoms with Crippen molar-refractivity contribution in [3.63, 3.8) is 0 Å². The number of aromatic nitrogens is 2. The van der Waals surface area contributed by atoms with Crippen LogP contribution in [0, 0.1) is 5.82 Å². The second kappa shape index (κ2) is 6.92. The fourth-order valence-electron chi connectivity index (χ4n) is 4.59. The monoisotopic (exact) mass is 416 g/mol. The summed E-state index contributed by atoms with van der Waals surface area (Å²) in [4.78, 5) is 23.2. The molecule has 2 fully saturated rings. The van der Waals surface area contributed by atoms with Gasteiger partial charge in [-0.25, -0.2) is 14.4 Å². The fourth-order valence-corrected chi connectivity index (χ4v) is 4.72. The zero-order valence-corrected chi connectivity index (χ0v) is 16.6. The van der Waals surface area contributed by atoms with Gasteiger partial charge < -0.3 is 15.3 Å². The Morgan fingerprint density at radius 2 is 2.03 bits per heavy atom. The zero-order chi connectivity index (χ0) is 20.2. The number of rotatable bonds is 4. The number of anilines is 2. The van der Waals surface area contributed by atoms with Gasteiger partial charge in [-0.05, 0) is 67.8 Å². The lowest BCUT2D eigenvalue weighted by Crippen LogP contribution is -2.33. The van der Waals surface area contributed by atoms with Gasteiger partial charge in [0, 0.05) is 17.8 Å². The summed E-state index contributed by atoms with van der Waals surface area (Å²) in [7, 11) is 0. The van der Waals surface area contributed by atoms with Crippen LogP contribution in [0.4, 0.5) is 15.9 Å². The number of nitrogens with one attached hydrogen (secondary N) is 1. The first kappa shape index (κ1) is 18.8. The lowest BCUT2D eigenvalue weighted by molar-refractivity contribution is -0.120. The Hall–Kier alpha value is -2.25. The molecule has 2 N–H and O–H groups in total. The minimum atomic E-state index is -0.483. The first-order chi connectivity index (χ1) is 14.0. The Kier molecular flexibility index (Phi) is 4.47. The van der Waals surface area contributed by atoms with Gasteiger partial charge in [0.15, 0.2) is 0 Å². The molecular weight excluding hydrogens is 395 g/mol. The van der Waals surface area contributed by atoms with E-state index in [1.165, 1.54) is 12.1 Å². The summed E-state index contributed by atoms with van der Waals surface area (Å²) in [5.41, 5.74) is 1.80. The Bertz CT molecular complexity index is 973. The molecule has 0 bridgehead atoms. The number of fused-ring (bicyclic) bond motifs is 2. The molecule has 152 valence electrons. The van der Waals surface area contributed by atoms with Crippen molar-refractivity contribution in [1.82, 2.24) is 9.97 Å². The quantitative estimate of drug-likeness (QED) is 0.745. The van der Waals surface area contributed by atoms with Gasteiger partial charge >= 0.3 is 0 Å². The van der Waals surface area contributed by atoms with Crippen LogP contribution in [-0.4, -0.2) is 33.1 Å². The van der Waals surface area contributed by atoms with Gasteiger partial charge in [-0.2, -0.15) is 0 Å². The third-order valence-corrected chi connectivity index (χ3v) is 6.55. The van der Waals surface area contributed by atoms with Crippen LogP contribution in [0.5, 0.6) is 0 Å². The molecule has 2 saturated carbocycles. The van der Waals surface area contributed by atoms with E-state index in [0.29, 0.717) is 11.5 Å². The molecule has 1 aromatic heterocycles. The second-order valence-electron chi connectivity index (χ2n) is 8.30. The molecule has 2 aromatic rings. The number of nitrogens with zero attached hydrogens (tertiary/aromatic N) is 3. The molecule has 6 nitrogen and oxygen atoms in total. The highest BCUT2D eigenvalue weighted by Gasteiger charge is 2.59. The van der Waals surface area contributed by atoms with Gasteiger partial charge in [-0.1, -0.05) is 6.07 Å². The molecule has 0 unspecified atom stereocenters. The van der Waals surface area contributed by atoms with Gasteiger partial charge in [0.05, 0.1) is 23.8 Å². The van der Waals surface area contributed by atoms with Crippen LogP contribution in [0.3, 0.4) is 0 Å². The number of hydrogen-bond donors (Lipinski definition) is 2. The average Bonchev–Trinajstić information content (AvgIpc) is 3.47. The molecule has 1 spiro atoms. The third-order valence-electron chi connectivity index (χ3n) is 6.37. The molecule has 5 rings (SSSR count). The number of carbonyl (C=O) groups is 1. The van der Waals surface area contributed by atoms with Gasteiger partial charge in [0.1, 0.15) is 11.6 Å². The maximum absolute atomic E-state index is 13.9. The normalized spacial score (nSPS) is 24.7. The van der Waals surface area contributed by atoms with E-state index < -0.39 is 5.41 Å². The first-order valence-electron chi connectivity index (χ1n) is 10.0. The van der Waals surface area contributed by atoms with Crippen molar-refractivity contribution in [3.8, 4) is 0 Å². The van der Waals surface area contributed by atoms with E-state index >= 15 is 0 Å². The van der Waals surface area contributed by atoms with Crippen LogP contribution in [-0.2, 0) is 16.8 Å². The highest BCUT2D eigenvalue weighted by atomic mass is 35.5. The number of hydrogen-bond acceptors (Lipinski definition) is 5. The summed E-state index contributed by atoms with van der Waals surface area (Å²) < 4.78 is 13.9. The fraction of sp³-hybridized carbons (Fsp3) is 0.476. The van der Waals surface area contributed by atoms with Crippen LogP contribution in [0.25, 0.3) is 0 Å². The number of benzene rings is 1. The van der Waals surface area contributed by atoms with Gasteiger partial charge in [-0.3, -0.25) is 4.79 Å². The number of carbonyl (C=O) groups excluding carboxylic acids is 1. The van der Waals surface area contributed by atoms with E-state index in [9.17, 15) is 14.3 Å². The number of aliphatic hydroxyl groups excluding tert-OH is 1. The van der Waals surface area contributed by atoms with Crippen molar-refractivity contribution >= 4 is 29.0 Å². The van der Waals surface area contributed by atoms with Crippen molar-refractivity contribution < 1.29 is 14.3 Å². The Morgan fingerprint density at radius 3 is 2.76 bits per heavy atom. The summed E-state index contributed by atoms with van der Waals surface area (Å²) in [6.07, 6.45) is 6.13. The number of amides is 1. The standard InChI is InChI=1S/C21H22ClFN4O2/c22-20-24-10-12(18(26-20)25-14-2-4-15(28)5-3-14)11-27-17-9-13(23)1-6-16(17)21(7-8-21)19(27)29/h1,6,9-10,14-15,28H,2-5,7-8,11H2,(H,24,25,26). The van der Waals surface area contributed by atoms with Crippen LogP contribution >= 0.6 is 11.6 Å². The molecule has 3 aliphatic rings. The molecule has 1 amide bonds. The van der Waals surface area contributed by atoms with E-state index in [0.717, 1.165) is 49.7 Å². The van der Waals surface area contributed by atoms with Crippen LogP contribution in [0.15, 0.2) is 24.4 Å². The SMILES string of the molecule is O=C1N(Cc2cnc(Cl)nc2NC2CCC(O)CC2)c2cc(F)ccc2C12CC2. The highest BCUT2D eigenvalue weighted by molar-refractivity contribution is 6.28. The number of aliphatic hydroxyl groups is 1. The van der Waals surface area contributed by atoms with Gasteiger partial charge in [0.2, 0.25) is 11.2 Å². The molecule has 1 aromatic carbocycles. The van der Waals surface area contributed by atoms with Crippen molar-refractivity contribution in [2.24, 2.45) is 0 Å². The third kappa shape index (κ3) is 3.26. The minimum absolute atomic E-state index is 0.0137. The van der Waals surface area contributed by atoms with Crippen LogP contribution in [0.1, 0.15) is 49.7 Å². The Balaban J connectivity index is 1.44. The van der Waals surface area contributed by atoms with E-state index in [-0.39, 0.29) is 35.7 Å². The van der Waals surface area contributed by atoms with Gasteiger partial charge in [-0.15, -0.1) is 0 Å². The topological polar surface area (TPSA) is 78.4 Å². The maximum Gasteiger partial charge on any atom is 0.238 e. The summed E-state index contributed by atoms with van der Waals surface area (Å²) >= 11 is 6.03. The smallest absolute Gasteiger partial charge is 0.238 e. The number of halogens is 2. The molecule has 2 aliphatic carbocycles. The van der Waals surface area contributed by atoms with Crippen molar-refractivity contribution in [2.75, 3.05) is 10.2 Å². The molecule has 0 saturated heterocycles. The van der Waals surface area contributed by atoms with E-state index in [1.807, 2.05) is 0 Å². The van der Waals surface area contributed by atoms with Crippen molar-refractivity contribution in [2.45, 2.75) is 62.6 Å². The molecule has 1 aliphatic heterocycles. The lowest BCUT2D eigenvalue weighted by atomic mass is 9.93. The van der Waals surface area contributed by atoms with Crippen LogP contribution < -0.4 is 10.2 Å². The summed E-state index contributed by atoms with van der Waals surface area (Å²) in [6, 6.07) is 4.77. The Morgan fingerprint density at radius 1 is 1.28 bits per heavy atom. The second-order valence-corrected chi connectivity index (χ2v) is 8.64. The molecule has 0 atom stereocenters. The zero-order valence-electron chi connectivity index (χ0n) is 15.9. The molecule has 29 heavy (non-hydrogen) atoms. The van der Waals surface area contributed by atoms with Crippen molar-refractivity contribution in [3.05, 3.63) is 46.6 Å². The van der Waals surface area contributed by atoms with E-state index in [2.05, 4.69) is 15.3 Å². The van der Waals surface area contributed by atoms with Gasteiger partial charge in [0.25, 0.3) is 0 Å². The predicted octanol–water partition coefficient (Wildman–Crippen LogP) is 3.56. The molecule has 8 heteroatoms. The summed E-state index contributed by atoms with van der Waals surface area (Å²) in [6.45, 7) is 0.256. The lowest BCUT2D eigenvalue weighted by Gasteiger charge is -2.28.